The summed E-state index contributed by atoms with van der Waals surface area (Å²) in [6, 6.07) is 13.9. The van der Waals surface area contributed by atoms with Crippen molar-refractivity contribution in [2.75, 3.05) is 31.1 Å². The number of carbonyl (C=O) groups is 2. The van der Waals surface area contributed by atoms with E-state index in [9.17, 15) is 9.59 Å². The first-order valence-electron chi connectivity index (χ1n) is 10.2. The molecule has 1 saturated heterocycles. The number of hydrogen-bond acceptors (Lipinski definition) is 3. The first kappa shape index (κ1) is 21.0. The van der Waals surface area contributed by atoms with Gasteiger partial charge in [0.25, 0.3) is 0 Å². The van der Waals surface area contributed by atoms with E-state index in [-0.39, 0.29) is 23.7 Å². The molecule has 1 saturated carbocycles. The van der Waals surface area contributed by atoms with E-state index < -0.39 is 0 Å². The molecule has 2 aromatic carbocycles. The summed E-state index contributed by atoms with van der Waals surface area (Å²) in [7, 11) is 0. The second kappa shape index (κ2) is 8.86. The average Bonchev–Trinajstić information content (AvgIpc) is 3.55. The first-order valence-corrected chi connectivity index (χ1v) is 11.0. The fourth-order valence-corrected chi connectivity index (χ4v) is 4.33. The van der Waals surface area contributed by atoms with Gasteiger partial charge in [0.2, 0.25) is 11.8 Å². The summed E-state index contributed by atoms with van der Waals surface area (Å²) < 4.78 is 0. The number of hydrogen-bond donors (Lipinski definition) is 1. The number of nitrogens with zero attached hydrogens (tertiary/aromatic N) is 2. The molecule has 0 unspecified atom stereocenters. The molecule has 0 aromatic heterocycles. The van der Waals surface area contributed by atoms with Gasteiger partial charge in [-0.2, -0.15) is 0 Å². The molecule has 2 atom stereocenters. The third-order valence-corrected chi connectivity index (χ3v) is 6.73. The van der Waals surface area contributed by atoms with E-state index in [0.717, 1.165) is 49.4 Å². The molecule has 7 heteroatoms. The Morgan fingerprint density at radius 3 is 2.33 bits per heavy atom. The smallest absolute Gasteiger partial charge is 0.224 e. The van der Waals surface area contributed by atoms with Gasteiger partial charge in [-0.25, -0.2) is 0 Å². The number of nitrogens with one attached hydrogen (secondary N) is 1. The third kappa shape index (κ3) is 4.73. The van der Waals surface area contributed by atoms with Crippen LogP contribution in [0.4, 0.5) is 5.69 Å². The van der Waals surface area contributed by atoms with Crippen LogP contribution in [0, 0.1) is 5.92 Å². The summed E-state index contributed by atoms with van der Waals surface area (Å²) in [6.07, 6.45) is 0.842. The second-order valence-electron chi connectivity index (χ2n) is 8.00. The summed E-state index contributed by atoms with van der Waals surface area (Å²) in [6.45, 7) is 5.33. The van der Waals surface area contributed by atoms with Crippen LogP contribution in [0.3, 0.4) is 0 Å². The van der Waals surface area contributed by atoms with Gasteiger partial charge in [-0.05, 0) is 47.7 Å². The highest BCUT2D eigenvalue weighted by Crippen LogP contribution is 2.48. The molecular weight excluding hydrogens is 421 g/mol. The summed E-state index contributed by atoms with van der Waals surface area (Å²) >= 11 is 12.1. The van der Waals surface area contributed by atoms with Crippen LogP contribution < -0.4 is 10.2 Å². The molecule has 30 heavy (non-hydrogen) atoms. The lowest BCUT2D eigenvalue weighted by Gasteiger charge is -2.35. The Labute approximate surface area is 186 Å². The topological polar surface area (TPSA) is 52.7 Å². The molecular formula is C23H25Cl2N3O2. The van der Waals surface area contributed by atoms with Gasteiger partial charge in [-0.3, -0.25) is 9.59 Å². The number of benzene rings is 2. The standard InChI is InChI=1S/C23H25Cl2N3O2/c1-15(29)27-8-10-28(11-9-27)18-5-2-16(3-6-18)14-26-23(30)20-13-19(20)17-4-7-21(24)22(25)12-17/h2-7,12,19-20H,8-11,13-14H2,1H3,(H,26,30)/t19-,20-/m0/s1. The van der Waals surface area contributed by atoms with Crippen molar-refractivity contribution in [2.45, 2.75) is 25.8 Å². The van der Waals surface area contributed by atoms with Crippen LogP contribution in [-0.4, -0.2) is 42.9 Å². The molecule has 1 aliphatic carbocycles. The normalized spacial score (nSPS) is 20.8. The summed E-state index contributed by atoms with van der Waals surface area (Å²) in [5.41, 5.74) is 3.29. The molecule has 1 N–H and O–H groups in total. The minimum absolute atomic E-state index is 0.000845. The van der Waals surface area contributed by atoms with E-state index in [2.05, 4.69) is 34.5 Å². The average molecular weight is 446 g/mol. The summed E-state index contributed by atoms with van der Waals surface area (Å²) in [5, 5.41) is 4.11. The molecule has 2 amide bonds. The van der Waals surface area contributed by atoms with Gasteiger partial charge in [0.1, 0.15) is 0 Å². The number of anilines is 1. The van der Waals surface area contributed by atoms with Crippen LogP contribution >= 0.6 is 23.2 Å². The minimum atomic E-state index is -0.000845. The highest BCUT2D eigenvalue weighted by Gasteiger charge is 2.43. The molecule has 5 nitrogen and oxygen atoms in total. The van der Waals surface area contributed by atoms with E-state index >= 15 is 0 Å². The zero-order chi connectivity index (χ0) is 21.3. The maximum atomic E-state index is 12.5. The zero-order valence-corrected chi connectivity index (χ0v) is 18.4. The number of piperazine rings is 1. The lowest BCUT2D eigenvalue weighted by atomic mass is 10.1. The minimum Gasteiger partial charge on any atom is -0.368 e. The molecule has 2 fully saturated rings. The van der Waals surface area contributed by atoms with Crippen molar-refractivity contribution in [1.29, 1.82) is 0 Å². The van der Waals surface area contributed by atoms with Crippen LogP contribution in [0.15, 0.2) is 42.5 Å². The predicted octanol–water partition coefficient (Wildman–Crippen LogP) is 4.08. The van der Waals surface area contributed by atoms with E-state index in [1.807, 2.05) is 17.0 Å². The van der Waals surface area contributed by atoms with Gasteiger partial charge in [-0.15, -0.1) is 0 Å². The molecule has 2 aromatic rings. The number of halogens is 2. The van der Waals surface area contributed by atoms with Crippen molar-refractivity contribution in [3.8, 4) is 0 Å². The van der Waals surface area contributed by atoms with Gasteiger partial charge in [-0.1, -0.05) is 41.4 Å². The molecule has 0 radical (unpaired) electrons. The Bertz CT molecular complexity index is 940. The maximum Gasteiger partial charge on any atom is 0.224 e. The molecule has 2 aliphatic rings. The fourth-order valence-electron chi connectivity index (χ4n) is 4.02. The highest BCUT2D eigenvalue weighted by molar-refractivity contribution is 6.42. The Hall–Kier alpha value is -2.24. The van der Waals surface area contributed by atoms with Crippen LogP contribution in [0.25, 0.3) is 0 Å². The van der Waals surface area contributed by atoms with E-state index in [0.29, 0.717) is 16.6 Å². The van der Waals surface area contributed by atoms with Crippen molar-refractivity contribution in [3.05, 3.63) is 63.6 Å². The molecule has 158 valence electrons. The van der Waals surface area contributed by atoms with Crippen LogP contribution in [0.5, 0.6) is 0 Å². The quantitative estimate of drug-likeness (QED) is 0.753. The number of carbonyl (C=O) groups excluding carboxylic acids is 2. The molecule has 1 aliphatic heterocycles. The van der Waals surface area contributed by atoms with Gasteiger partial charge >= 0.3 is 0 Å². The first-order chi connectivity index (χ1) is 14.4. The Balaban J connectivity index is 1.26. The molecule has 0 bridgehead atoms. The van der Waals surface area contributed by atoms with Crippen molar-refractivity contribution in [3.63, 3.8) is 0 Å². The van der Waals surface area contributed by atoms with Crippen molar-refractivity contribution >= 4 is 40.7 Å². The second-order valence-corrected chi connectivity index (χ2v) is 8.81. The van der Waals surface area contributed by atoms with Crippen LogP contribution in [0.2, 0.25) is 10.0 Å². The van der Waals surface area contributed by atoms with E-state index in [1.54, 1.807) is 13.0 Å². The lowest BCUT2D eigenvalue weighted by Crippen LogP contribution is -2.48. The monoisotopic (exact) mass is 445 g/mol. The number of rotatable bonds is 5. The fraction of sp³-hybridized carbons (Fsp3) is 0.391. The molecule has 1 heterocycles. The number of amides is 2. The molecule has 0 spiro atoms. The van der Waals surface area contributed by atoms with Gasteiger partial charge in [0.15, 0.2) is 0 Å². The summed E-state index contributed by atoms with van der Waals surface area (Å²) in [4.78, 5) is 28.1. The lowest BCUT2D eigenvalue weighted by molar-refractivity contribution is -0.129. The van der Waals surface area contributed by atoms with Gasteiger partial charge in [0, 0.05) is 51.3 Å². The van der Waals surface area contributed by atoms with Gasteiger partial charge in [0.05, 0.1) is 10.0 Å². The van der Waals surface area contributed by atoms with Crippen molar-refractivity contribution in [2.24, 2.45) is 5.92 Å². The molecule has 4 rings (SSSR count). The SMILES string of the molecule is CC(=O)N1CCN(c2ccc(CNC(=O)[C@H]3C[C@H]3c3ccc(Cl)c(Cl)c3)cc2)CC1. The van der Waals surface area contributed by atoms with Crippen LogP contribution in [-0.2, 0) is 16.1 Å². The van der Waals surface area contributed by atoms with Gasteiger partial charge < -0.3 is 15.1 Å². The Kier molecular flexibility index (Phi) is 6.21. The Morgan fingerprint density at radius 1 is 1.00 bits per heavy atom. The van der Waals surface area contributed by atoms with Crippen molar-refractivity contribution in [1.82, 2.24) is 10.2 Å². The van der Waals surface area contributed by atoms with E-state index in [4.69, 9.17) is 23.2 Å². The third-order valence-electron chi connectivity index (χ3n) is 5.99. The Morgan fingerprint density at radius 2 is 1.70 bits per heavy atom. The van der Waals surface area contributed by atoms with E-state index in [1.165, 1.54) is 0 Å². The van der Waals surface area contributed by atoms with Crippen molar-refractivity contribution < 1.29 is 9.59 Å². The largest absolute Gasteiger partial charge is 0.368 e. The highest BCUT2D eigenvalue weighted by atomic mass is 35.5. The zero-order valence-electron chi connectivity index (χ0n) is 16.9. The predicted molar refractivity (Wildman–Crippen MR) is 120 cm³/mol. The van der Waals surface area contributed by atoms with Crippen LogP contribution in [0.1, 0.15) is 30.4 Å². The maximum absolute atomic E-state index is 12.5. The summed E-state index contributed by atoms with van der Waals surface area (Å²) in [5.74, 6) is 0.434.